The highest BCUT2D eigenvalue weighted by atomic mass is 16.5. The van der Waals surface area contributed by atoms with Gasteiger partial charge in [0.25, 0.3) is 5.91 Å². The Labute approximate surface area is 155 Å². The number of aromatic nitrogens is 1. The number of hydrogen-bond donors (Lipinski definition) is 1. The first-order valence-electron chi connectivity index (χ1n) is 8.42. The summed E-state index contributed by atoms with van der Waals surface area (Å²) >= 11 is 0. The molecule has 1 N–H and O–H groups in total. The molecular weight excluding hydrogens is 344 g/mol. The molecule has 0 aliphatic carbocycles. The fourth-order valence-electron chi connectivity index (χ4n) is 2.93. The molecule has 0 saturated heterocycles. The van der Waals surface area contributed by atoms with Gasteiger partial charge in [0.15, 0.2) is 5.76 Å². The number of rotatable bonds is 4. The number of ether oxygens (including phenoxy) is 2. The summed E-state index contributed by atoms with van der Waals surface area (Å²) in [6.07, 6.45) is 0. The van der Waals surface area contributed by atoms with Crippen LogP contribution in [0.25, 0.3) is 22.0 Å². The summed E-state index contributed by atoms with van der Waals surface area (Å²) in [5, 5.41) is 4.57. The van der Waals surface area contributed by atoms with Crippen LogP contribution in [0.15, 0.2) is 52.9 Å². The largest absolute Gasteiger partial charge is 0.497 e. The highest BCUT2D eigenvalue weighted by molar-refractivity contribution is 6.05. The second kappa shape index (κ2) is 6.64. The van der Waals surface area contributed by atoms with E-state index in [4.69, 9.17) is 13.9 Å². The lowest BCUT2D eigenvalue weighted by atomic mass is 10.1. The number of nitrogens with zero attached hydrogens (tertiary/aromatic N) is 1. The number of carbonyl (C=O) groups excluding carboxylic acids is 1. The van der Waals surface area contributed by atoms with Crippen molar-refractivity contribution in [1.29, 1.82) is 0 Å². The molecule has 27 heavy (non-hydrogen) atoms. The number of amides is 1. The molecular formula is C21H18N2O4. The van der Waals surface area contributed by atoms with Crippen LogP contribution < -0.4 is 14.8 Å². The summed E-state index contributed by atoms with van der Waals surface area (Å²) in [7, 11) is 3.10. The third kappa shape index (κ3) is 3.17. The van der Waals surface area contributed by atoms with E-state index in [0.29, 0.717) is 22.9 Å². The SMILES string of the molecule is COc1ccc(NC(=O)c2cc3cc4ccc(C)cc4nc3o2)c(OC)c1. The van der Waals surface area contributed by atoms with Gasteiger partial charge in [-0.2, -0.15) is 0 Å². The monoisotopic (exact) mass is 362 g/mol. The molecule has 136 valence electrons. The van der Waals surface area contributed by atoms with Gasteiger partial charge in [0.1, 0.15) is 11.5 Å². The van der Waals surface area contributed by atoms with Crippen LogP contribution in [-0.4, -0.2) is 25.1 Å². The molecule has 2 heterocycles. The summed E-state index contributed by atoms with van der Waals surface area (Å²) in [6.45, 7) is 2.01. The summed E-state index contributed by atoms with van der Waals surface area (Å²) < 4.78 is 16.2. The molecule has 0 saturated carbocycles. The van der Waals surface area contributed by atoms with Crippen LogP contribution >= 0.6 is 0 Å². The van der Waals surface area contributed by atoms with Crippen molar-refractivity contribution >= 4 is 33.6 Å². The van der Waals surface area contributed by atoms with E-state index in [2.05, 4.69) is 10.3 Å². The number of furan rings is 1. The van der Waals surface area contributed by atoms with Gasteiger partial charge in [0.2, 0.25) is 5.71 Å². The van der Waals surface area contributed by atoms with E-state index in [-0.39, 0.29) is 11.7 Å². The summed E-state index contributed by atoms with van der Waals surface area (Å²) in [5.74, 6) is 0.942. The number of nitrogens with one attached hydrogen (secondary N) is 1. The Morgan fingerprint density at radius 1 is 1.00 bits per heavy atom. The van der Waals surface area contributed by atoms with E-state index < -0.39 is 0 Å². The molecule has 0 radical (unpaired) electrons. The lowest BCUT2D eigenvalue weighted by molar-refractivity contribution is 0.0998. The first kappa shape index (κ1) is 16.9. The normalized spacial score (nSPS) is 10.9. The predicted octanol–water partition coefficient (Wildman–Crippen LogP) is 4.56. The van der Waals surface area contributed by atoms with Crippen LogP contribution in [0.2, 0.25) is 0 Å². The van der Waals surface area contributed by atoms with E-state index in [1.165, 1.54) is 7.11 Å². The minimum atomic E-state index is -0.378. The Bertz CT molecular complexity index is 1160. The van der Waals surface area contributed by atoms with Gasteiger partial charge in [0.05, 0.1) is 25.4 Å². The molecule has 0 aliphatic rings. The number of hydrogen-bond acceptors (Lipinski definition) is 5. The zero-order valence-corrected chi connectivity index (χ0v) is 15.2. The molecule has 0 aliphatic heterocycles. The van der Waals surface area contributed by atoms with Crippen LogP contribution in [0.5, 0.6) is 11.5 Å². The molecule has 4 rings (SSSR count). The predicted molar refractivity (Wildman–Crippen MR) is 104 cm³/mol. The number of fused-ring (bicyclic) bond motifs is 2. The maximum absolute atomic E-state index is 12.6. The van der Waals surface area contributed by atoms with E-state index in [1.807, 2.05) is 31.2 Å². The van der Waals surface area contributed by atoms with E-state index >= 15 is 0 Å². The van der Waals surface area contributed by atoms with E-state index in [1.54, 1.807) is 31.4 Å². The van der Waals surface area contributed by atoms with Crippen molar-refractivity contribution in [3.8, 4) is 11.5 Å². The summed E-state index contributed by atoms with van der Waals surface area (Å²) in [6, 6.07) is 14.8. The van der Waals surface area contributed by atoms with Gasteiger partial charge < -0.3 is 19.2 Å². The molecule has 2 aromatic heterocycles. The van der Waals surface area contributed by atoms with Crippen molar-refractivity contribution in [2.45, 2.75) is 6.92 Å². The molecule has 0 fully saturated rings. The highest BCUT2D eigenvalue weighted by Crippen LogP contribution is 2.30. The molecule has 4 aromatic rings. The second-order valence-corrected chi connectivity index (χ2v) is 6.21. The van der Waals surface area contributed by atoms with Crippen molar-refractivity contribution in [2.75, 3.05) is 19.5 Å². The van der Waals surface area contributed by atoms with Crippen molar-refractivity contribution in [2.24, 2.45) is 0 Å². The zero-order valence-electron chi connectivity index (χ0n) is 15.2. The first-order chi connectivity index (χ1) is 13.1. The Morgan fingerprint density at radius 2 is 1.85 bits per heavy atom. The molecule has 0 atom stereocenters. The Morgan fingerprint density at radius 3 is 2.63 bits per heavy atom. The van der Waals surface area contributed by atoms with Crippen molar-refractivity contribution in [3.05, 3.63) is 59.9 Å². The minimum Gasteiger partial charge on any atom is -0.497 e. The first-order valence-corrected chi connectivity index (χ1v) is 8.42. The van der Waals surface area contributed by atoms with E-state index in [0.717, 1.165) is 21.9 Å². The number of anilines is 1. The zero-order chi connectivity index (χ0) is 19.0. The third-order valence-corrected chi connectivity index (χ3v) is 4.34. The minimum absolute atomic E-state index is 0.183. The maximum Gasteiger partial charge on any atom is 0.291 e. The second-order valence-electron chi connectivity index (χ2n) is 6.21. The average Bonchev–Trinajstić information content (AvgIpc) is 3.09. The van der Waals surface area contributed by atoms with Crippen molar-refractivity contribution in [1.82, 2.24) is 4.98 Å². The van der Waals surface area contributed by atoms with Crippen molar-refractivity contribution in [3.63, 3.8) is 0 Å². The van der Waals surface area contributed by atoms with Crippen LogP contribution in [0.1, 0.15) is 16.1 Å². The number of pyridine rings is 1. The summed E-state index contributed by atoms with van der Waals surface area (Å²) in [5.41, 5.74) is 2.91. The lowest BCUT2D eigenvalue weighted by Gasteiger charge is -2.10. The van der Waals surface area contributed by atoms with Crippen LogP contribution in [-0.2, 0) is 0 Å². The topological polar surface area (TPSA) is 73.6 Å². The third-order valence-electron chi connectivity index (χ3n) is 4.34. The van der Waals surface area contributed by atoms with Gasteiger partial charge in [-0.05, 0) is 42.8 Å². The lowest BCUT2D eigenvalue weighted by Crippen LogP contribution is -2.11. The molecule has 6 heteroatoms. The van der Waals surface area contributed by atoms with Crippen LogP contribution in [0.3, 0.4) is 0 Å². The standard InChI is InChI=1S/C21H18N2O4/c1-12-4-5-13-9-14-10-19(27-21(14)23-17(13)8-12)20(24)22-16-7-6-15(25-2)11-18(16)26-3/h4-11H,1-3H3,(H,22,24). The number of aryl methyl sites for hydroxylation is 1. The summed E-state index contributed by atoms with van der Waals surface area (Å²) in [4.78, 5) is 17.2. The molecule has 0 spiro atoms. The average molecular weight is 362 g/mol. The van der Waals surface area contributed by atoms with Gasteiger partial charge in [-0.25, -0.2) is 4.98 Å². The Kier molecular flexibility index (Phi) is 4.16. The van der Waals surface area contributed by atoms with Gasteiger partial charge >= 0.3 is 0 Å². The van der Waals surface area contributed by atoms with Crippen molar-refractivity contribution < 1.29 is 18.7 Å². The van der Waals surface area contributed by atoms with Gasteiger partial charge in [0, 0.05) is 16.8 Å². The number of benzene rings is 2. The molecule has 6 nitrogen and oxygen atoms in total. The number of carbonyl (C=O) groups is 1. The maximum atomic E-state index is 12.6. The highest BCUT2D eigenvalue weighted by Gasteiger charge is 2.16. The van der Waals surface area contributed by atoms with Crippen LogP contribution in [0, 0.1) is 6.92 Å². The molecule has 0 unspecified atom stereocenters. The van der Waals surface area contributed by atoms with Gasteiger partial charge in [-0.1, -0.05) is 12.1 Å². The number of methoxy groups -OCH3 is 2. The Hall–Kier alpha value is -3.54. The fourth-order valence-corrected chi connectivity index (χ4v) is 2.93. The molecule has 1 amide bonds. The smallest absolute Gasteiger partial charge is 0.291 e. The quantitative estimate of drug-likeness (QED) is 0.576. The van der Waals surface area contributed by atoms with Gasteiger partial charge in [-0.3, -0.25) is 4.79 Å². The molecule has 2 aromatic carbocycles. The van der Waals surface area contributed by atoms with E-state index in [9.17, 15) is 4.79 Å². The fraction of sp³-hybridized carbons (Fsp3) is 0.143. The van der Waals surface area contributed by atoms with Gasteiger partial charge in [-0.15, -0.1) is 0 Å². The Balaban J connectivity index is 1.67. The van der Waals surface area contributed by atoms with Crippen LogP contribution in [0.4, 0.5) is 5.69 Å². The molecule has 0 bridgehead atoms.